The monoisotopic (exact) mass is 254 g/mol. The lowest BCUT2D eigenvalue weighted by atomic mass is 10.1. The molecule has 0 unspecified atom stereocenters. The largest absolute Gasteiger partial charge is 0.493 e. The van der Waals surface area contributed by atoms with Crippen LogP contribution < -0.4 is 4.74 Å². The lowest BCUT2D eigenvalue weighted by molar-refractivity contribution is 0.167. The van der Waals surface area contributed by atoms with Crippen molar-refractivity contribution in [3.8, 4) is 5.75 Å². The number of para-hydroxylation sites is 1. The van der Waals surface area contributed by atoms with E-state index in [0.29, 0.717) is 6.42 Å². The summed E-state index contributed by atoms with van der Waals surface area (Å²) in [4.78, 5) is 0. The first kappa shape index (κ1) is 14.4. The van der Waals surface area contributed by atoms with E-state index >= 15 is 0 Å². The zero-order chi connectivity index (χ0) is 12.5. The molecular formula is C14H22O2S. The standard InChI is InChI=1S/C14H22O2S/c1-3-13(15)12-8-5-6-9-14(12)16-10-7-11-17-4-2/h5-6,8-9,13,15H,3-4,7,10-11H2,1-2H3/t13-/m1/s1. The van der Waals surface area contributed by atoms with Gasteiger partial charge in [-0.05, 0) is 30.4 Å². The molecule has 0 radical (unpaired) electrons. The average Bonchev–Trinajstić information content (AvgIpc) is 2.38. The van der Waals surface area contributed by atoms with Crippen LogP contribution in [0.3, 0.4) is 0 Å². The maximum absolute atomic E-state index is 9.87. The molecule has 3 heteroatoms. The molecule has 2 nitrogen and oxygen atoms in total. The summed E-state index contributed by atoms with van der Waals surface area (Å²) in [6, 6.07) is 7.75. The van der Waals surface area contributed by atoms with Crippen LogP contribution in [0.1, 0.15) is 38.4 Å². The molecule has 0 heterocycles. The summed E-state index contributed by atoms with van der Waals surface area (Å²) in [6.07, 6.45) is 1.34. The predicted molar refractivity (Wildman–Crippen MR) is 74.8 cm³/mol. The van der Waals surface area contributed by atoms with Crippen molar-refractivity contribution >= 4 is 11.8 Å². The Kier molecular flexibility index (Phi) is 7.13. The number of ether oxygens (including phenoxy) is 1. The molecule has 0 aliphatic heterocycles. The van der Waals surface area contributed by atoms with Gasteiger partial charge in [0.15, 0.2) is 0 Å². The van der Waals surface area contributed by atoms with Gasteiger partial charge in [0.05, 0.1) is 12.7 Å². The van der Waals surface area contributed by atoms with Gasteiger partial charge in [-0.3, -0.25) is 0 Å². The van der Waals surface area contributed by atoms with Gasteiger partial charge in [-0.25, -0.2) is 0 Å². The van der Waals surface area contributed by atoms with Crippen molar-refractivity contribution in [3.63, 3.8) is 0 Å². The van der Waals surface area contributed by atoms with Crippen molar-refractivity contribution in [1.82, 2.24) is 0 Å². The number of benzene rings is 1. The number of hydrogen-bond acceptors (Lipinski definition) is 3. The van der Waals surface area contributed by atoms with Crippen LogP contribution in [0.15, 0.2) is 24.3 Å². The van der Waals surface area contributed by atoms with E-state index in [4.69, 9.17) is 4.74 Å². The van der Waals surface area contributed by atoms with E-state index < -0.39 is 6.10 Å². The second kappa shape index (κ2) is 8.43. The van der Waals surface area contributed by atoms with Crippen molar-refractivity contribution in [2.45, 2.75) is 32.8 Å². The first-order chi connectivity index (χ1) is 8.29. The maximum Gasteiger partial charge on any atom is 0.125 e. The van der Waals surface area contributed by atoms with E-state index in [1.807, 2.05) is 43.0 Å². The molecule has 17 heavy (non-hydrogen) atoms. The normalized spacial score (nSPS) is 12.4. The van der Waals surface area contributed by atoms with Crippen molar-refractivity contribution in [1.29, 1.82) is 0 Å². The first-order valence-electron chi connectivity index (χ1n) is 6.27. The molecule has 0 fully saturated rings. The summed E-state index contributed by atoms with van der Waals surface area (Å²) in [5.74, 6) is 3.11. The Morgan fingerprint density at radius 1 is 1.29 bits per heavy atom. The average molecular weight is 254 g/mol. The zero-order valence-corrected chi connectivity index (χ0v) is 11.5. The van der Waals surface area contributed by atoms with Gasteiger partial charge in [0, 0.05) is 5.56 Å². The molecule has 1 atom stereocenters. The van der Waals surface area contributed by atoms with Crippen LogP contribution in [0.5, 0.6) is 5.75 Å². The Morgan fingerprint density at radius 3 is 2.76 bits per heavy atom. The van der Waals surface area contributed by atoms with Crippen LogP contribution in [0, 0.1) is 0 Å². The topological polar surface area (TPSA) is 29.5 Å². The van der Waals surface area contributed by atoms with Gasteiger partial charge in [-0.15, -0.1) is 0 Å². The summed E-state index contributed by atoms with van der Waals surface area (Å²) in [5, 5.41) is 9.87. The molecule has 0 aliphatic carbocycles. The summed E-state index contributed by atoms with van der Waals surface area (Å²) < 4.78 is 5.73. The second-order valence-corrected chi connectivity index (χ2v) is 5.25. The highest BCUT2D eigenvalue weighted by molar-refractivity contribution is 7.99. The van der Waals surface area contributed by atoms with E-state index in [-0.39, 0.29) is 0 Å². The zero-order valence-electron chi connectivity index (χ0n) is 10.7. The van der Waals surface area contributed by atoms with Crippen molar-refractivity contribution in [3.05, 3.63) is 29.8 Å². The fourth-order valence-corrected chi connectivity index (χ4v) is 2.21. The quantitative estimate of drug-likeness (QED) is 0.718. The molecule has 96 valence electrons. The molecule has 0 amide bonds. The third-order valence-electron chi connectivity index (χ3n) is 2.56. The number of aliphatic hydroxyl groups excluding tert-OH is 1. The molecule has 0 saturated heterocycles. The summed E-state index contributed by atoms with van der Waals surface area (Å²) >= 11 is 1.93. The van der Waals surface area contributed by atoms with Gasteiger partial charge in [0.25, 0.3) is 0 Å². The Balaban J connectivity index is 2.46. The van der Waals surface area contributed by atoms with Gasteiger partial charge >= 0.3 is 0 Å². The fourth-order valence-electron chi connectivity index (χ4n) is 1.59. The highest BCUT2D eigenvalue weighted by atomic mass is 32.2. The molecule has 1 aromatic rings. The van der Waals surface area contributed by atoms with Gasteiger partial charge in [0.1, 0.15) is 5.75 Å². The molecular weight excluding hydrogens is 232 g/mol. The highest BCUT2D eigenvalue weighted by Crippen LogP contribution is 2.26. The van der Waals surface area contributed by atoms with Gasteiger partial charge in [0.2, 0.25) is 0 Å². The van der Waals surface area contributed by atoms with Gasteiger partial charge < -0.3 is 9.84 Å². The highest BCUT2D eigenvalue weighted by Gasteiger charge is 2.10. The first-order valence-corrected chi connectivity index (χ1v) is 7.42. The fraction of sp³-hybridized carbons (Fsp3) is 0.571. The molecule has 0 aliphatic rings. The van der Waals surface area contributed by atoms with Gasteiger partial charge in [-0.2, -0.15) is 11.8 Å². The maximum atomic E-state index is 9.87. The van der Waals surface area contributed by atoms with Crippen LogP contribution in [0.2, 0.25) is 0 Å². The Morgan fingerprint density at radius 2 is 2.06 bits per heavy atom. The number of aliphatic hydroxyl groups is 1. The molecule has 1 rings (SSSR count). The van der Waals surface area contributed by atoms with Crippen LogP contribution in [0.25, 0.3) is 0 Å². The SMILES string of the molecule is CCSCCCOc1ccccc1[C@H](O)CC. The molecule has 0 aromatic heterocycles. The van der Waals surface area contributed by atoms with E-state index in [9.17, 15) is 5.11 Å². The van der Waals surface area contributed by atoms with Crippen LogP contribution in [-0.2, 0) is 0 Å². The van der Waals surface area contributed by atoms with Crippen molar-refractivity contribution < 1.29 is 9.84 Å². The molecule has 0 bridgehead atoms. The summed E-state index contributed by atoms with van der Waals surface area (Å²) in [6.45, 7) is 4.86. The van der Waals surface area contributed by atoms with Crippen LogP contribution >= 0.6 is 11.8 Å². The second-order valence-electron chi connectivity index (χ2n) is 3.86. The number of hydrogen-bond donors (Lipinski definition) is 1. The summed E-state index contributed by atoms with van der Waals surface area (Å²) in [7, 11) is 0. The van der Waals surface area contributed by atoms with E-state index in [0.717, 1.165) is 35.8 Å². The molecule has 0 spiro atoms. The van der Waals surface area contributed by atoms with E-state index in [1.54, 1.807) is 0 Å². The number of rotatable bonds is 8. The van der Waals surface area contributed by atoms with E-state index in [1.165, 1.54) is 0 Å². The van der Waals surface area contributed by atoms with Gasteiger partial charge in [-0.1, -0.05) is 32.0 Å². The minimum Gasteiger partial charge on any atom is -0.493 e. The third-order valence-corrected chi connectivity index (χ3v) is 3.55. The summed E-state index contributed by atoms with van der Waals surface area (Å²) in [5.41, 5.74) is 0.901. The lowest BCUT2D eigenvalue weighted by Crippen LogP contribution is -2.04. The Hall–Kier alpha value is -0.670. The van der Waals surface area contributed by atoms with Crippen LogP contribution in [0.4, 0.5) is 0 Å². The predicted octanol–water partition coefficient (Wildman–Crippen LogP) is 3.65. The minimum absolute atomic E-state index is 0.420. The third kappa shape index (κ3) is 5.00. The van der Waals surface area contributed by atoms with E-state index in [2.05, 4.69) is 6.92 Å². The Bertz CT molecular complexity index is 315. The van der Waals surface area contributed by atoms with Crippen molar-refractivity contribution in [2.24, 2.45) is 0 Å². The van der Waals surface area contributed by atoms with Crippen LogP contribution in [-0.4, -0.2) is 23.2 Å². The Labute approximate surface area is 108 Å². The minimum atomic E-state index is -0.420. The molecule has 1 N–H and O–H groups in total. The molecule has 0 saturated carbocycles. The molecule has 1 aromatic carbocycles. The van der Waals surface area contributed by atoms with Crippen molar-refractivity contribution in [2.75, 3.05) is 18.1 Å². The lowest BCUT2D eigenvalue weighted by Gasteiger charge is -2.14. The number of thioether (sulfide) groups is 1. The smallest absolute Gasteiger partial charge is 0.125 e.